The lowest BCUT2D eigenvalue weighted by atomic mass is 9.73. The van der Waals surface area contributed by atoms with Gasteiger partial charge < -0.3 is 9.80 Å². The Morgan fingerprint density at radius 1 is 1.15 bits per heavy atom. The summed E-state index contributed by atoms with van der Waals surface area (Å²) in [5.74, 6) is 0.633. The van der Waals surface area contributed by atoms with Crippen LogP contribution in [0.4, 0.5) is 0 Å². The standard InChI is InChI=1S/C23H32N2O2/c1-18-5-7-19(8-6-18)21(26)4-2-14-24-15-3-12-23(16-24)13-11-22(27)25(17-23)20-9-10-20/h5-8,20H,2-4,9-17H2,1H3/t23-/m0/s1. The van der Waals surface area contributed by atoms with Crippen LogP contribution in [0.15, 0.2) is 24.3 Å². The highest BCUT2D eigenvalue weighted by Crippen LogP contribution is 2.42. The molecule has 4 rings (SSSR count). The van der Waals surface area contributed by atoms with E-state index in [-0.39, 0.29) is 5.78 Å². The van der Waals surface area contributed by atoms with Gasteiger partial charge in [0.2, 0.25) is 5.91 Å². The van der Waals surface area contributed by atoms with Crippen molar-refractivity contribution in [2.24, 2.45) is 5.41 Å². The normalized spacial score (nSPS) is 26.6. The molecule has 0 N–H and O–H groups in total. The van der Waals surface area contributed by atoms with E-state index in [0.29, 0.717) is 23.8 Å². The number of hydrogen-bond acceptors (Lipinski definition) is 3. The first-order chi connectivity index (χ1) is 13.0. The first-order valence-corrected chi connectivity index (χ1v) is 10.7. The lowest BCUT2D eigenvalue weighted by Crippen LogP contribution is -2.54. The van der Waals surface area contributed by atoms with Crippen molar-refractivity contribution in [2.75, 3.05) is 26.2 Å². The van der Waals surface area contributed by atoms with E-state index in [4.69, 9.17) is 0 Å². The molecule has 4 heteroatoms. The molecule has 4 nitrogen and oxygen atoms in total. The van der Waals surface area contributed by atoms with Gasteiger partial charge in [-0.15, -0.1) is 0 Å². The quantitative estimate of drug-likeness (QED) is 0.717. The minimum absolute atomic E-state index is 0.255. The first-order valence-electron chi connectivity index (χ1n) is 10.7. The largest absolute Gasteiger partial charge is 0.339 e. The molecule has 0 bridgehead atoms. The molecule has 3 aliphatic rings. The van der Waals surface area contributed by atoms with E-state index in [1.54, 1.807) is 0 Å². The van der Waals surface area contributed by atoms with Gasteiger partial charge in [0.15, 0.2) is 5.78 Å². The zero-order valence-corrected chi connectivity index (χ0v) is 16.6. The molecule has 3 fully saturated rings. The number of carbonyl (C=O) groups is 2. The third-order valence-electron chi connectivity index (χ3n) is 6.68. The van der Waals surface area contributed by atoms with Gasteiger partial charge in [0.1, 0.15) is 0 Å². The van der Waals surface area contributed by atoms with Crippen LogP contribution in [0.2, 0.25) is 0 Å². The number of nitrogens with zero attached hydrogens (tertiary/aromatic N) is 2. The summed E-state index contributed by atoms with van der Waals surface area (Å²) in [7, 11) is 0. The summed E-state index contributed by atoms with van der Waals surface area (Å²) >= 11 is 0. The minimum Gasteiger partial charge on any atom is -0.339 e. The van der Waals surface area contributed by atoms with Gasteiger partial charge in [-0.1, -0.05) is 29.8 Å². The fourth-order valence-corrected chi connectivity index (χ4v) is 4.94. The maximum Gasteiger partial charge on any atom is 0.222 e. The monoisotopic (exact) mass is 368 g/mol. The third-order valence-corrected chi connectivity index (χ3v) is 6.68. The highest BCUT2D eigenvalue weighted by molar-refractivity contribution is 5.96. The maximum atomic E-state index is 12.4. The number of benzene rings is 1. The van der Waals surface area contributed by atoms with E-state index >= 15 is 0 Å². The predicted octanol–water partition coefficient (Wildman–Crippen LogP) is 3.82. The SMILES string of the molecule is Cc1ccc(C(=O)CCCN2CCC[C@]3(CCC(=O)N(C4CC4)C3)C2)cc1. The van der Waals surface area contributed by atoms with Crippen molar-refractivity contribution in [2.45, 2.75) is 64.3 Å². The number of aryl methyl sites for hydroxylation is 1. The van der Waals surface area contributed by atoms with Crippen LogP contribution in [0.5, 0.6) is 0 Å². The summed E-state index contributed by atoms with van der Waals surface area (Å²) in [4.78, 5) is 29.4. The summed E-state index contributed by atoms with van der Waals surface area (Å²) in [6.07, 6.45) is 8.21. The molecular formula is C23H32N2O2. The lowest BCUT2D eigenvalue weighted by molar-refractivity contribution is -0.140. The second kappa shape index (κ2) is 7.75. The minimum atomic E-state index is 0.255. The second-order valence-corrected chi connectivity index (χ2v) is 9.03. The molecule has 2 aliphatic heterocycles. The second-order valence-electron chi connectivity index (χ2n) is 9.03. The van der Waals surface area contributed by atoms with Gasteiger partial charge >= 0.3 is 0 Å². The number of likely N-dealkylation sites (tertiary alicyclic amines) is 2. The van der Waals surface area contributed by atoms with Gasteiger partial charge in [-0.3, -0.25) is 9.59 Å². The van der Waals surface area contributed by atoms with E-state index in [1.165, 1.54) is 31.2 Å². The average molecular weight is 369 g/mol. The van der Waals surface area contributed by atoms with Crippen LogP contribution in [0, 0.1) is 12.3 Å². The number of carbonyl (C=O) groups excluding carboxylic acids is 2. The van der Waals surface area contributed by atoms with Crippen LogP contribution in [-0.4, -0.2) is 53.7 Å². The van der Waals surface area contributed by atoms with Crippen LogP contribution in [0.3, 0.4) is 0 Å². The number of hydrogen-bond donors (Lipinski definition) is 0. The van der Waals surface area contributed by atoms with Crippen molar-refractivity contribution in [3.63, 3.8) is 0 Å². The van der Waals surface area contributed by atoms with Crippen LogP contribution < -0.4 is 0 Å². The predicted molar refractivity (Wildman–Crippen MR) is 107 cm³/mol. The Kier molecular flexibility index (Phi) is 5.36. The Morgan fingerprint density at radius 3 is 2.67 bits per heavy atom. The van der Waals surface area contributed by atoms with E-state index in [0.717, 1.165) is 51.0 Å². The summed E-state index contributed by atoms with van der Waals surface area (Å²) in [6, 6.07) is 8.45. The van der Waals surface area contributed by atoms with Crippen molar-refractivity contribution >= 4 is 11.7 Å². The number of ketones is 1. The highest BCUT2D eigenvalue weighted by atomic mass is 16.2. The van der Waals surface area contributed by atoms with Gasteiger partial charge in [-0.05, 0) is 58.5 Å². The zero-order chi connectivity index (χ0) is 18.9. The van der Waals surface area contributed by atoms with E-state index in [2.05, 4.69) is 9.80 Å². The van der Waals surface area contributed by atoms with Gasteiger partial charge in [0.05, 0.1) is 0 Å². The number of amides is 1. The molecule has 2 saturated heterocycles. The summed E-state index contributed by atoms with van der Waals surface area (Å²) in [5.41, 5.74) is 2.33. The molecular weight excluding hydrogens is 336 g/mol. The van der Waals surface area contributed by atoms with Crippen LogP contribution in [0.1, 0.15) is 67.3 Å². The summed E-state index contributed by atoms with van der Waals surface area (Å²) < 4.78 is 0. The van der Waals surface area contributed by atoms with Crippen LogP contribution in [-0.2, 0) is 4.79 Å². The Bertz CT molecular complexity index is 695. The molecule has 1 atom stereocenters. The molecule has 1 aliphatic carbocycles. The van der Waals surface area contributed by atoms with Crippen molar-refractivity contribution in [3.8, 4) is 0 Å². The molecule has 1 saturated carbocycles. The Balaban J connectivity index is 1.28. The lowest BCUT2D eigenvalue weighted by Gasteiger charge is -2.48. The summed E-state index contributed by atoms with van der Waals surface area (Å²) in [6.45, 7) is 6.25. The molecule has 1 aromatic rings. The van der Waals surface area contributed by atoms with Crippen molar-refractivity contribution in [3.05, 3.63) is 35.4 Å². The van der Waals surface area contributed by atoms with E-state index in [1.807, 2.05) is 31.2 Å². The highest BCUT2D eigenvalue weighted by Gasteiger charge is 2.45. The van der Waals surface area contributed by atoms with Gasteiger partial charge in [-0.25, -0.2) is 0 Å². The van der Waals surface area contributed by atoms with E-state index < -0.39 is 0 Å². The number of Topliss-reactive ketones (excluding diaryl/α,β-unsaturated/α-hetero) is 1. The molecule has 0 radical (unpaired) electrons. The van der Waals surface area contributed by atoms with E-state index in [9.17, 15) is 9.59 Å². The Hall–Kier alpha value is -1.68. The smallest absolute Gasteiger partial charge is 0.222 e. The van der Waals surface area contributed by atoms with Gasteiger partial charge in [-0.2, -0.15) is 0 Å². The number of piperidine rings is 2. The van der Waals surface area contributed by atoms with Gasteiger partial charge in [0, 0.05) is 43.0 Å². The maximum absolute atomic E-state index is 12.4. The molecule has 27 heavy (non-hydrogen) atoms. The fourth-order valence-electron chi connectivity index (χ4n) is 4.94. The third kappa shape index (κ3) is 4.43. The van der Waals surface area contributed by atoms with Crippen molar-refractivity contribution in [1.82, 2.24) is 9.80 Å². The zero-order valence-electron chi connectivity index (χ0n) is 16.6. The van der Waals surface area contributed by atoms with Crippen molar-refractivity contribution < 1.29 is 9.59 Å². The fraction of sp³-hybridized carbons (Fsp3) is 0.652. The molecule has 2 heterocycles. The van der Waals surface area contributed by atoms with Crippen LogP contribution >= 0.6 is 0 Å². The molecule has 1 amide bonds. The van der Waals surface area contributed by atoms with Crippen molar-refractivity contribution in [1.29, 1.82) is 0 Å². The molecule has 0 unspecified atom stereocenters. The molecule has 1 spiro atoms. The van der Waals surface area contributed by atoms with Crippen LogP contribution in [0.25, 0.3) is 0 Å². The summed E-state index contributed by atoms with van der Waals surface area (Å²) in [5, 5.41) is 0. The molecule has 1 aromatic carbocycles. The Morgan fingerprint density at radius 2 is 1.93 bits per heavy atom. The number of rotatable bonds is 6. The molecule has 0 aromatic heterocycles. The van der Waals surface area contributed by atoms with Gasteiger partial charge in [0.25, 0.3) is 0 Å². The topological polar surface area (TPSA) is 40.6 Å². The average Bonchev–Trinajstić information content (AvgIpc) is 3.50. The molecule has 146 valence electrons. The first kappa shape index (κ1) is 18.7. The Labute approximate surface area is 162 Å².